The van der Waals surface area contributed by atoms with Crippen molar-refractivity contribution in [2.45, 2.75) is 44.6 Å². The van der Waals surface area contributed by atoms with Crippen molar-refractivity contribution in [3.05, 3.63) is 23.8 Å². The normalized spacial score (nSPS) is 17.1. The van der Waals surface area contributed by atoms with Crippen LogP contribution in [0.1, 0.15) is 50.1 Å². The van der Waals surface area contributed by atoms with Crippen LogP contribution >= 0.6 is 12.4 Å². The van der Waals surface area contributed by atoms with Gasteiger partial charge in [0.05, 0.1) is 14.2 Å². The highest BCUT2D eigenvalue weighted by Crippen LogP contribution is 2.34. The summed E-state index contributed by atoms with van der Waals surface area (Å²) in [5.41, 5.74) is 7.49. The lowest BCUT2D eigenvalue weighted by Crippen LogP contribution is -2.17. The van der Waals surface area contributed by atoms with E-state index in [1.54, 1.807) is 14.2 Å². The van der Waals surface area contributed by atoms with Gasteiger partial charge in [-0.15, -0.1) is 12.4 Å². The monoisotopic (exact) mass is 299 g/mol. The molecule has 4 heteroatoms. The fraction of sp³-hybridized carbons (Fsp3) is 0.625. The molecule has 0 aromatic heterocycles. The Balaban J connectivity index is 0.00000200. The Hall–Kier alpha value is -0.930. The Bertz CT molecular complexity index is 405. The lowest BCUT2D eigenvalue weighted by atomic mass is 9.83. The van der Waals surface area contributed by atoms with Crippen LogP contribution in [0.2, 0.25) is 0 Å². The van der Waals surface area contributed by atoms with Crippen molar-refractivity contribution < 1.29 is 9.47 Å². The molecule has 1 fully saturated rings. The second-order valence-electron chi connectivity index (χ2n) is 5.46. The zero-order valence-corrected chi connectivity index (χ0v) is 13.2. The second kappa shape index (κ2) is 8.38. The first-order chi connectivity index (χ1) is 9.24. The molecule has 2 rings (SSSR count). The van der Waals surface area contributed by atoms with Crippen molar-refractivity contribution in [2.75, 3.05) is 14.2 Å². The quantitative estimate of drug-likeness (QED) is 0.890. The Labute approximate surface area is 128 Å². The number of halogens is 1. The smallest absolute Gasteiger partial charge is 0.161 e. The van der Waals surface area contributed by atoms with E-state index < -0.39 is 0 Å². The largest absolute Gasteiger partial charge is 0.493 e. The zero-order valence-electron chi connectivity index (χ0n) is 12.4. The van der Waals surface area contributed by atoms with Crippen LogP contribution in [-0.2, 0) is 0 Å². The predicted octanol–water partition coefficient (Wildman–Crippen LogP) is 4.10. The molecular formula is C16H26ClNO2. The van der Waals surface area contributed by atoms with Gasteiger partial charge < -0.3 is 15.2 Å². The topological polar surface area (TPSA) is 44.5 Å². The number of benzene rings is 1. The molecule has 0 spiro atoms. The van der Waals surface area contributed by atoms with Crippen molar-refractivity contribution in [1.82, 2.24) is 0 Å². The molecule has 0 saturated heterocycles. The molecule has 1 unspecified atom stereocenters. The molecule has 1 aliphatic carbocycles. The van der Waals surface area contributed by atoms with E-state index in [1.165, 1.54) is 32.1 Å². The van der Waals surface area contributed by atoms with E-state index in [2.05, 4.69) is 6.07 Å². The first kappa shape index (κ1) is 17.1. The summed E-state index contributed by atoms with van der Waals surface area (Å²) < 4.78 is 10.6. The van der Waals surface area contributed by atoms with E-state index in [0.717, 1.165) is 29.4 Å². The molecule has 1 aromatic carbocycles. The van der Waals surface area contributed by atoms with Crippen LogP contribution in [0.25, 0.3) is 0 Å². The SMILES string of the molecule is COc1ccc(C(N)CC2CCCCC2)cc1OC.Cl. The van der Waals surface area contributed by atoms with Crippen molar-refractivity contribution >= 4 is 12.4 Å². The van der Waals surface area contributed by atoms with Crippen LogP contribution in [0.5, 0.6) is 11.5 Å². The minimum atomic E-state index is 0. The van der Waals surface area contributed by atoms with Gasteiger partial charge in [0.25, 0.3) is 0 Å². The van der Waals surface area contributed by atoms with E-state index in [4.69, 9.17) is 15.2 Å². The van der Waals surface area contributed by atoms with Crippen LogP contribution in [0.4, 0.5) is 0 Å². The van der Waals surface area contributed by atoms with Gasteiger partial charge in [0.15, 0.2) is 11.5 Å². The van der Waals surface area contributed by atoms with Crippen molar-refractivity contribution in [1.29, 1.82) is 0 Å². The van der Waals surface area contributed by atoms with Gasteiger partial charge in [-0.05, 0) is 30.0 Å². The number of nitrogens with two attached hydrogens (primary N) is 1. The Kier molecular flexibility index (Phi) is 7.17. The van der Waals surface area contributed by atoms with Crippen LogP contribution < -0.4 is 15.2 Å². The minimum Gasteiger partial charge on any atom is -0.493 e. The van der Waals surface area contributed by atoms with Gasteiger partial charge in [0.1, 0.15) is 0 Å². The second-order valence-corrected chi connectivity index (χ2v) is 5.46. The van der Waals surface area contributed by atoms with Crippen molar-refractivity contribution in [3.63, 3.8) is 0 Å². The fourth-order valence-corrected chi connectivity index (χ4v) is 3.00. The predicted molar refractivity (Wildman–Crippen MR) is 84.9 cm³/mol. The van der Waals surface area contributed by atoms with E-state index in [-0.39, 0.29) is 18.4 Å². The standard InChI is InChI=1S/C16H25NO2.ClH/c1-18-15-9-8-13(11-16(15)19-2)14(17)10-12-6-4-3-5-7-12;/h8-9,11-12,14H,3-7,10,17H2,1-2H3;1H. The third-order valence-corrected chi connectivity index (χ3v) is 4.15. The Morgan fingerprint density at radius 2 is 1.75 bits per heavy atom. The fourth-order valence-electron chi connectivity index (χ4n) is 3.00. The Morgan fingerprint density at radius 1 is 1.10 bits per heavy atom. The first-order valence-corrected chi connectivity index (χ1v) is 7.22. The summed E-state index contributed by atoms with van der Waals surface area (Å²) in [4.78, 5) is 0. The maximum absolute atomic E-state index is 6.34. The summed E-state index contributed by atoms with van der Waals surface area (Å²) in [5.74, 6) is 2.31. The summed E-state index contributed by atoms with van der Waals surface area (Å²) in [7, 11) is 3.31. The highest BCUT2D eigenvalue weighted by molar-refractivity contribution is 5.85. The van der Waals surface area contributed by atoms with Crippen LogP contribution in [0.3, 0.4) is 0 Å². The highest BCUT2D eigenvalue weighted by atomic mass is 35.5. The third-order valence-electron chi connectivity index (χ3n) is 4.15. The van der Waals surface area contributed by atoms with Gasteiger partial charge >= 0.3 is 0 Å². The third kappa shape index (κ3) is 4.29. The first-order valence-electron chi connectivity index (χ1n) is 7.22. The molecule has 0 radical (unpaired) electrons. The van der Waals surface area contributed by atoms with Crippen LogP contribution in [-0.4, -0.2) is 14.2 Å². The average molecular weight is 300 g/mol. The molecule has 1 saturated carbocycles. The minimum absolute atomic E-state index is 0. The molecule has 0 amide bonds. The molecular weight excluding hydrogens is 274 g/mol. The van der Waals surface area contributed by atoms with Crippen molar-refractivity contribution in [3.8, 4) is 11.5 Å². The van der Waals surface area contributed by atoms with E-state index in [1.807, 2.05) is 12.1 Å². The summed E-state index contributed by atoms with van der Waals surface area (Å²) in [6, 6.07) is 6.10. The Morgan fingerprint density at radius 3 is 2.35 bits per heavy atom. The zero-order chi connectivity index (χ0) is 13.7. The number of hydrogen-bond acceptors (Lipinski definition) is 3. The average Bonchev–Trinajstić information content (AvgIpc) is 2.47. The van der Waals surface area contributed by atoms with E-state index in [9.17, 15) is 0 Å². The summed E-state index contributed by atoms with van der Waals surface area (Å²) in [6.07, 6.45) is 7.87. The number of methoxy groups -OCH3 is 2. The molecule has 0 aliphatic heterocycles. The molecule has 0 bridgehead atoms. The molecule has 20 heavy (non-hydrogen) atoms. The molecule has 1 aliphatic rings. The maximum Gasteiger partial charge on any atom is 0.161 e. The van der Waals surface area contributed by atoms with E-state index in [0.29, 0.717) is 0 Å². The lowest BCUT2D eigenvalue weighted by Gasteiger charge is -2.25. The van der Waals surface area contributed by atoms with Gasteiger partial charge in [0, 0.05) is 6.04 Å². The number of ether oxygens (including phenoxy) is 2. The van der Waals surface area contributed by atoms with Crippen LogP contribution in [0, 0.1) is 5.92 Å². The van der Waals surface area contributed by atoms with Gasteiger partial charge in [-0.2, -0.15) is 0 Å². The molecule has 2 N–H and O–H groups in total. The molecule has 1 aromatic rings. The maximum atomic E-state index is 6.34. The van der Waals surface area contributed by atoms with E-state index >= 15 is 0 Å². The van der Waals surface area contributed by atoms with Gasteiger partial charge in [-0.3, -0.25) is 0 Å². The summed E-state index contributed by atoms with van der Waals surface area (Å²) in [6.45, 7) is 0. The summed E-state index contributed by atoms with van der Waals surface area (Å²) >= 11 is 0. The van der Waals surface area contributed by atoms with Crippen molar-refractivity contribution in [2.24, 2.45) is 11.7 Å². The number of rotatable bonds is 5. The summed E-state index contributed by atoms with van der Waals surface area (Å²) in [5, 5.41) is 0. The highest BCUT2D eigenvalue weighted by Gasteiger charge is 2.18. The van der Waals surface area contributed by atoms with Gasteiger partial charge in [-0.25, -0.2) is 0 Å². The molecule has 1 atom stereocenters. The van der Waals surface area contributed by atoms with Gasteiger partial charge in [0.2, 0.25) is 0 Å². The molecule has 0 heterocycles. The molecule has 114 valence electrons. The number of hydrogen-bond donors (Lipinski definition) is 1. The van der Waals surface area contributed by atoms with Crippen LogP contribution in [0.15, 0.2) is 18.2 Å². The lowest BCUT2D eigenvalue weighted by molar-refractivity contribution is 0.318. The van der Waals surface area contributed by atoms with Gasteiger partial charge in [-0.1, -0.05) is 38.2 Å². The molecule has 3 nitrogen and oxygen atoms in total.